The second kappa shape index (κ2) is 5.67. The molecule has 18 heavy (non-hydrogen) atoms. The molecule has 4 heteroatoms. The molecule has 1 saturated heterocycles. The van der Waals surface area contributed by atoms with Crippen molar-refractivity contribution in [2.75, 3.05) is 18.4 Å². The number of aryl methyl sites for hydroxylation is 1. The summed E-state index contributed by atoms with van der Waals surface area (Å²) in [4.78, 5) is 25.1. The van der Waals surface area contributed by atoms with E-state index in [2.05, 4.69) is 5.32 Å². The fourth-order valence-corrected chi connectivity index (χ4v) is 2.11. The van der Waals surface area contributed by atoms with E-state index in [-0.39, 0.29) is 18.4 Å². The molecule has 0 aromatic heterocycles. The van der Waals surface area contributed by atoms with E-state index in [0.717, 1.165) is 24.1 Å². The molecule has 0 spiro atoms. The number of carbonyl (C=O) groups excluding carboxylic acids is 2. The summed E-state index contributed by atoms with van der Waals surface area (Å²) < 4.78 is 0. The third kappa shape index (κ3) is 3.09. The van der Waals surface area contributed by atoms with Gasteiger partial charge in [0, 0.05) is 18.7 Å². The van der Waals surface area contributed by atoms with Gasteiger partial charge in [0.05, 0.1) is 6.54 Å². The van der Waals surface area contributed by atoms with Crippen molar-refractivity contribution in [1.82, 2.24) is 4.90 Å². The molecule has 1 aliphatic heterocycles. The molecule has 2 rings (SSSR count). The van der Waals surface area contributed by atoms with Gasteiger partial charge < -0.3 is 10.2 Å². The Morgan fingerprint density at radius 2 is 2.11 bits per heavy atom. The SMILES string of the molecule is Cc1ccccc1NC(=O)CN1CCCCC1=O. The number of likely N-dealkylation sites (tertiary alicyclic amines) is 1. The summed E-state index contributed by atoms with van der Waals surface area (Å²) in [5.41, 5.74) is 1.84. The van der Waals surface area contributed by atoms with Crippen LogP contribution in [0.5, 0.6) is 0 Å². The average molecular weight is 246 g/mol. The Kier molecular flexibility index (Phi) is 3.97. The zero-order valence-corrected chi connectivity index (χ0v) is 10.6. The van der Waals surface area contributed by atoms with E-state index in [1.165, 1.54) is 0 Å². The van der Waals surface area contributed by atoms with Crippen molar-refractivity contribution in [3.05, 3.63) is 29.8 Å². The van der Waals surface area contributed by atoms with Crippen LogP contribution in [0.3, 0.4) is 0 Å². The lowest BCUT2D eigenvalue weighted by Crippen LogP contribution is -2.40. The zero-order chi connectivity index (χ0) is 13.0. The Labute approximate surface area is 107 Å². The molecule has 2 amide bonds. The summed E-state index contributed by atoms with van der Waals surface area (Å²) in [5, 5.41) is 2.85. The van der Waals surface area contributed by atoms with Crippen molar-refractivity contribution in [3.63, 3.8) is 0 Å². The normalized spacial score (nSPS) is 15.6. The Balaban J connectivity index is 1.92. The summed E-state index contributed by atoms with van der Waals surface area (Å²) in [6.45, 7) is 2.80. The van der Waals surface area contributed by atoms with Gasteiger partial charge in [-0.3, -0.25) is 9.59 Å². The van der Waals surface area contributed by atoms with Gasteiger partial charge in [-0.1, -0.05) is 18.2 Å². The van der Waals surface area contributed by atoms with Crippen LogP contribution in [-0.2, 0) is 9.59 Å². The number of amides is 2. The van der Waals surface area contributed by atoms with Gasteiger partial charge in [-0.2, -0.15) is 0 Å². The Hall–Kier alpha value is -1.84. The van der Waals surface area contributed by atoms with Crippen LogP contribution < -0.4 is 5.32 Å². The molecule has 1 fully saturated rings. The number of nitrogens with zero attached hydrogens (tertiary/aromatic N) is 1. The minimum Gasteiger partial charge on any atom is -0.333 e. The molecule has 0 unspecified atom stereocenters. The van der Waals surface area contributed by atoms with Gasteiger partial charge >= 0.3 is 0 Å². The lowest BCUT2D eigenvalue weighted by Gasteiger charge is -2.26. The van der Waals surface area contributed by atoms with Crippen LogP contribution in [-0.4, -0.2) is 29.8 Å². The van der Waals surface area contributed by atoms with Crippen LogP contribution in [0.15, 0.2) is 24.3 Å². The van der Waals surface area contributed by atoms with Crippen LogP contribution in [0.1, 0.15) is 24.8 Å². The van der Waals surface area contributed by atoms with Gasteiger partial charge in [0.1, 0.15) is 0 Å². The van der Waals surface area contributed by atoms with Crippen LogP contribution in [0, 0.1) is 6.92 Å². The highest BCUT2D eigenvalue weighted by Crippen LogP contribution is 2.14. The van der Waals surface area contributed by atoms with Crippen LogP contribution >= 0.6 is 0 Å². The van der Waals surface area contributed by atoms with Gasteiger partial charge in [0.2, 0.25) is 11.8 Å². The number of nitrogens with one attached hydrogen (secondary N) is 1. The third-order valence-electron chi connectivity index (χ3n) is 3.18. The Morgan fingerprint density at radius 1 is 1.33 bits per heavy atom. The number of hydrogen-bond acceptors (Lipinski definition) is 2. The zero-order valence-electron chi connectivity index (χ0n) is 10.6. The molecule has 0 atom stereocenters. The average Bonchev–Trinajstić information content (AvgIpc) is 2.35. The monoisotopic (exact) mass is 246 g/mol. The molecular formula is C14H18N2O2. The van der Waals surface area contributed by atoms with Gasteiger partial charge in [-0.05, 0) is 31.4 Å². The van der Waals surface area contributed by atoms with Crippen molar-refractivity contribution >= 4 is 17.5 Å². The maximum absolute atomic E-state index is 11.9. The summed E-state index contributed by atoms with van der Waals surface area (Å²) in [6, 6.07) is 7.63. The lowest BCUT2D eigenvalue weighted by molar-refractivity contribution is -0.136. The fraction of sp³-hybridized carbons (Fsp3) is 0.429. The smallest absolute Gasteiger partial charge is 0.244 e. The highest BCUT2D eigenvalue weighted by molar-refractivity contribution is 5.95. The van der Waals surface area contributed by atoms with Crippen LogP contribution in [0.4, 0.5) is 5.69 Å². The maximum Gasteiger partial charge on any atom is 0.244 e. The summed E-state index contributed by atoms with van der Waals surface area (Å²) >= 11 is 0. The van der Waals surface area contributed by atoms with Crippen LogP contribution in [0.2, 0.25) is 0 Å². The molecule has 1 aliphatic rings. The van der Waals surface area contributed by atoms with Gasteiger partial charge in [0.25, 0.3) is 0 Å². The lowest BCUT2D eigenvalue weighted by atomic mass is 10.1. The summed E-state index contributed by atoms with van der Waals surface area (Å²) in [7, 11) is 0. The maximum atomic E-state index is 11.9. The van der Waals surface area contributed by atoms with E-state index in [0.29, 0.717) is 13.0 Å². The minimum absolute atomic E-state index is 0.0844. The van der Waals surface area contributed by atoms with Crippen molar-refractivity contribution in [2.24, 2.45) is 0 Å². The van der Waals surface area contributed by atoms with E-state index in [4.69, 9.17) is 0 Å². The summed E-state index contributed by atoms with van der Waals surface area (Å²) in [5.74, 6) is -0.0410. The van der Waals surface area contributed by atoms with E-state index >= 15 is 0 Å². The predicted octanol–water partition coefficient (Wildman–Crippen LogP) is 1.95. The molecule has 0 aliphatic carbocycles. The first-order valence-electron chi connectivity index (χ1n) is 6.30. The topological polar surface area (TPSA) is 49.4 Å². The molecule has 0 saturated carbocycles. The number of rotatable bonds is 3. The number of anilines is 1. The van der Waals surface area contributed by atoms with Gasteiger partial charge in [-0.15, -0.1) is 0 Å². The third-order valence-corrected chi connectivity index (χ3v) is 3.18. The Morgan fingerprint density at radius 3 is 2.83 bits per heavy atom. The molecule has 1 aromatic rings. The molecule has 1 heterocycles. The predicted molar refractivity (Wildman–Crippen MR) is 70.2 cm³/mol. The Bertz CT molecular complexity index is 457. The number of piperidine rings is 1. The second-order valence-electron chi connectivity index (χ2n) is 4.64. The number of carbonyl (C=O) groups is 2. The number of hydrogen-bond donors (Lipinski definition) is 1. The van der Waals surface area contributed by atoms with Crippen molar-refractivity contribution in [3.8, 4) is 0 Å². The second-order valence-corrected chi connectivity index (χ2v) is 4.64. The molecule has 0 radical (unpaired) electrons. The standard InChI is InChI=1S/C14H18N2O2/c1-11-6-2-3-7-12(11)15-13(17)10-16-9-5-4-8-14(16)18/h2-3,6-7H,4-5,8-10H2,1H3,(H,15,17). The summed E-state index contributed by atoms with van der Waals surface area (Å²) in [6.07, 6.45) is 2.50. The first-order chi connectivity index (χ1) is 8.66. The minimum atomic E-state index is -0.125. The largest absolute Gasteiger partial charge is 0.333 e. The quantitative estimate of drug-likeness (QED) is 0.886. The first kappa shape index (κ1) is 12.6. The fourth-order valence-electron chi connectivity index (χ4n) is 2.11. The number of benzene rings is 1. The molecule has 1 N–H and O–H groups in total. The van der Waals surface area contributed by atoms with Crippen molar-refractivity contribution in [2.45, 2.75) is 26.2 Å². The number of para-hydroxylation sites is 1. The van der Waals surface area contributed by atoms with Crippen molar-refractivity contribution < 1.29 is 9.59 Å². The van der Waals surface area contributed by atoms with E-state index in [1.807, 2.05) is 31.2 Å². The van der Waals surface area contributed by atoms with E-state index in [9.17, 15) is 9.59 Å². The molecule has 0 bridgehead atoms. The highest BCUT2D eigenvalue weighted by Gasteiger charge is 2.20. The van der Waals surface area contributed by atoms with E-state index < -0.39 is 0 Å². The molecular weight excluding hydrogens is 228 g/mol. The van der Waals surface area contributed by atoms with Gasteiger partial charge in [-0.25, -0.2) is 0 Å². The van der Waals surface area contributed by atoms with Gasteiger partial charge in [0.15, 0.2) is 0 Å². The molecule has 96 valence electrons. The van der Waals surface area contributed by atoms with E-state index in [1.54, 1.807) is 4.90 Å². The molecule has 4 nitrogen and oxygen atoms in total. The first-order valence-corrected chi connectivity index (χ1v) is 6.30. The van der Waals surface area contributed by atoms with Crippen LogP contribution in [0.25, 0.3) is 0 Å². The van der Waals surface area contributed by atoms with Crippen molar-refractivity contribution in [1.29, 1.82) is 0 Å². The highest BCUT2D eigenvalue weighted by atomic mass is 16.2. The molecule has 1 aromatic carbocycles.